The zero-order chi connectivity index (χ0) is 18.3. The molecule has 1 atom stereocenters. The predicted octanol–water partition coefficient (Wildman–Crippen LogP) is 4.98. The molecule has 1 aromatic rings. The summed E-state index contributed by atoms with van der Waals surface area (Å²) in [4.78, 5) is 4.86. The van der Waals surface area contributed by atoms with Crippen LogP contribution >= 0.6 is 0 Å². The normalized spacial score (nSPS) is 24.1. The summed E-state index contributed by atoms with van der Waals surface area (Å²) >= 11 is 0. The van der Waals surface area contributed by atoms with Crippen molar-refractivity contribution < 1.29 is 0 Å². The van der Waals surface area contributed by atoms with Crippen LogP contribution in [0.4, 0.5) is 5.69 Å². The SMILES string of the molecule is CNCCC1=CC(=Nc2ccccc2)C(=CN)CC1(C)CCC(C)C. The van der Waals surface area contributed by atoms with Crippen molar-refractivity contribution in [1.82, 2.24) is 5.32 Å². The molecule has 1 unspecified atom stereocenters. The van der Waals surface area contributed by atoms with Crippen molar-refractivity contribution in [3.05, 3.63) is 53.8 Å². The smallest absolute Gasteiger partial charge is 0.0683 e. The highest BCUT2D eigenvalue weighted by molar-refractivity contribution is 6.11. The van der Waals surface area contributed by atoms with Crippen LogP contribution in [0.3, 0.4) is 0 Å². The summed E-state index contributed by atoms with van der Waals surface area (Å²) in [5.74, 6) is 0.715. The first kappa shape index (κ1) is 19.5. The first-order valence-corrected chi connectivity index (χ1v) is 9.39. The number of aliphatic imine (C=N–C) groups is 1. The van der Waals surface area contributed by atoms with Gasteiger partial charge < -0.3 is 11.1 Å². The maximum Gasteiger partial charge on any atom is 0.0683 e. The Morgan fingerprint density at radius 1 is 1.28 bits per heavy atom. The fraction of sp³-hybridized carbons (Fsp3) is 0.500. The molecule has 0 heterocycles. The summed E-state index contributed by atoms with van der Waals surface area (Å²) in [6, 6.07) is 10.1. The summed E-state index contributed by atoms with van der Waals surface area (Å²) in [6.07, 6.45) is 8.48. The van der Waals surface area contributed by atoms with E-state index in [1.165, 1.54) is 18.4 Å². The molecule has 3 heteroatoms. The fourth-order valence-electron chi connectivity index (χ4n) is 3.44. The minimum Gasteiger partial charge on any atom is -0.404 e. The summed E-state index contributed by atoms with van der Waals surface area (Å²) in [5, 5.41) is 3.29. The number of nitrogens with zero attached hydrogens (tertiary/aromatic N) is 1. The van der Waals surface area contributed by atoms with Crippen LogP contribution in [0.15, 0.2) is 58.7 Å². The average molecular weight is 340 g/mol. The molecule has 1 aliphatic rings. The van der Waals surface area contributed by atoms with Crippen molar-refractivity contribution >= 4 is 11.4 Å². The number of benzene rings is 1. The maximum atomic E-state index is 5.99. The average Bonchev–Trinajstić information content (AvgIpc) is 2.61. The maximum absolute atomic E-state index is 5.99. The van der Waals surface area contributed by atoms with E-state index >= 15 is 0 Å². The minimum absolute atomic E-state index is 0.169. The summed E-state index contributed by atoms with van der Waals surface area (Å²) in [7, 11) is 2.01. The molecule has 0 fully saturated rings. The highest BCUT2D eigenvalue weighted by Gasteiger charge is 2.34. The fourth-order valence-corrected chi connectivity index (χ4v) is 3.44. The number of hydrogen-bond donors (Lipinski definition) is 2. The Kier molecular flexibility index (Phi) is 7.01. The molecule has 0 amide bonds. The van der Waals surface area contributed by atoms with E-state index in [0.29, 0.717) is 5.92 Å². The van der Waals surface area contributed by atoms with Gasteiger partial charge >= 0.3 is 0 Å². The second-order valence-corrected chi connectivity index (χ2v) is 7.72. The Balaban J connectivity index is 2.39. The molecule has 3 nitrogen and oxygen atoms in total. The largest absolute Gasteiger partial charge is 0.404 e. The second-order valence-electron chi connectivity index (χ2n) is 7.72. The minimum atomic E-state index is 0.169. The third-order valence-electron chi connectivity index (χ3n) is 5.12. The van der Waals surface area contributed by atoms with E-state index in [9.17, 15) is 0 Å². The van der Waals surface area contributed by atoms with Gasteiger partial charge in [0, 0.05) is 0 Å². The number of para-hydroxylation sites is 1. The molecule has 0 saturated heterocycles. The molecule has 1 aromatic carbocycles. The van der Waals surface area contributed by atoms with Gasteiger partial charge in [-0.3, -0.25) is 0 Å². The first-order chi connectivity index (χ1) is 12.0. The van der Waals surface area contributed by atoms with Gasteiger partial charge in [-0.05, 0) is 74.2 Å². The zero-order valence-electron chi connectivity index (χ0n) is 16.2. The van der Waals surface area contributed by atoms with Gasteiger partial charge in [0.2, 0.25) is 0 Å². The van der Waals surface area contributed by atoms with E-state index in [1.807, 2.05) is 37.4 Å². The van der Waals surface area contributed by atoms with Gasteiger partial charge in [0.05, 0.1) is 11.4 Å². The lowest BCUT2D eigenvalue weighted by Crippen LogP contribution is -2.30. The molecule has 2 rings (SSSR count). The zero-order valence-corrected chi connectivity index (χ0v) is 16.2. The summed E-state index contributed by atoms with van der Waals surface area (Å²) in [5.41, 5.74) is 10.8. The van der Waals surface area contributed by atoms with Gasteiger partial charge in [-0.15, -0.1) is 0 Å². The van der Waals surface area contributed by atoms with Crippen LogP contribution in [0.2, 0.25) is 0 Å². The van der Waals surface area contributed by atoms with Crippen molar-refractivity contribution in [3.8, 4) is 0 Å². The van der Waals surface area contributed by atoms with Crippen LogP contribution in [-0.4, -0.2) is 19.3 Å². The lowest BCUT2D eigenvalue weighted by atomic mass is 9.67. The molecule has 3 N–H and O–H groups in total. The summed E-state index contributed by atoms with van der Waals surface area (Å²) in [6.45, 7) is 7.97. The highest BCUT2D eigenvalue weighted by atomic mass is 14.8. The molecule has 0 saturated carbocycles. The van der Waals surface area contributed by atoms with Gasteiger partial charge in [-0.1, -0.05) is 51.0 Å². The van der Waals surface area contributed by atoms with Crippen molar-refractivity contribution in [1.29, 1.82) is 0 Å². The van der Waals surface area contributed by atoms with Crippen LogP contribution in [0.5, 0.6) is 0 Å². The van der Waals surface area contributed by atoms with Gasteiger partial charge in [0.1, 0.15) is 0 Å². The molecular weight excluding hydrogens is 306 g/mol. The Morgan fingerprint density at radius 3 is 2.60 bits per heavy atom. The van der Waals surface area contributed by atoms with Crippen LogP contribution in [0, 0.1) is 11.3 Å². The van der Waals surface area contributed by atoms with Gasteiger partial charge in [0.25, 0.3) is 0 Å². The van der Waals surface area contributed by atoms with Crippen molar-refractivity contribution in [2.45, 2.75) is 46.5 Å². The van der Waals surface area contributed by atoms with Crippen LogP contribution in [0.25, 0.3) is 0 Å². The van der Waals surface area contributed by atoms with E-state index < -0.39 is 0 Å². The molecule has 0 spiro atoms. The number of allylic oxidation sites excluding steroid dienone is 2. The van der Waals surface area contributed by atoms with Gasteiger partial charge in [0.15, 0.2) is 0 Å². The monoisotopic (exact) mass is 339 g/mol. The Bertz CT molecular complexity index is 640. The van der Waals surface area contributed by atoms with Crippen molar-refractivity contribution in [2.24, 2.45) is 22.1 Å². The van der Waals surface area contributed by atoms with Gasteiger partial charge in [-0.25, -0.2) is 4.99 Å². The molecule has 0 radical (unpaired) electrons. The topological polar surface area (TPSA) is 50.4 Å². The molecule has 136 valence electrons. The van der Waals surface area contributed by atoms with Gasteiger partial charge in [-0.2, -0.15) is 0 Å². The Hall–Kier alpha value is -1.87. The van der Waals surface area contributed by atoms with Crippen molar-refractivity contribution in [3.63, 3.8) is 0 Å². The van der Waals surface area contributed by atoms with Crippen LogP contribution in [0.1, 0.15) is 46.5 Å². The molecule has 0 aromatic heterocycles. The third-order valence-corrected chi connectivity index (χ3v) is 5.12. The number of rotatable bonds is 7. The van der Waals surface area contributed by atoms with E-state index in [1.54, 1.807) is 6.20 Å². The Morgan fingerprint density at radius 2 is 2.00 bits per heavy atom. The van der Waals surface area contributed by atoms with E-state index in [0.717, 1.165) is 36.4 Å². The second kappa shape index (κ2) is 9.00. The molecule has 1 aliphatic carbocycles. The third kappa shape index (κ3) is 5.30. The van der Waals surface area contributed by atoms with Crippen LogP contribution < -0.4 is 11.1 Å². The lowest BCUT2D eigenvalue weighted by molar-refractivity contribution is 0.316. The Labute approximate surface area is 153 Å². The van der Waals surface area contributed by atoms with E-state index in [-0.39, 0.29) is 5.41 Å². The predicted molar refractivity (Wildman–Crippen MR) is 109 cm³/mol. The quantitative estimate of drug-likeness (QED) is 0.736. The number of nitrogens with one attached hydrogen (secondary N) is 1. The van der Waals surface area contributed by atoms with E-state index in [4.69, 9.17) is 10.7 Å². The van der Waals surface area contributed by atoms with Crippen LogP contribution in [-0.2, 0) is 0 Å². The molecular formula is C22H33N3. The summed E-state index contributed by atoms with van der Waals surface area (Å²) < 4.78 is 0. The number of hydrogen-bond acceptors (Lipinski definition) is 3. The molecule has 0 bridgehead atoms. The first-order valence-electron chi connectivity index (χ1n) is 9.39. The highest BCUT2D eigenvalue weighted by Crippen LogP contribution is 2.44. The molecule has 0 aliphatic heterocycles. The van der Waals surface area contributed by atoms with E-state index in [2.05, 4.69) is 32.2 Å². The van der Waals surface area contributed by atoms with Crippen molar-refractivity contribution in [2.75, 3.05) is 13.6 Å². The standard InChI is InChI=1S/C22H33N3/c1-17(2)10-12-22(3)15-18(16-23)21(14-19(22)11-13-24-4)25-20-8-6-5-7-9-20/h5-9,14,16-17,24H,10-13,15,23H2,1-4H3. The number of nitrogens with two attached hydrogens (primary N) is 1. The lowest BCUT2D eigenvalue weighted by Gasteiger charge is -2.38. The molecule has 25 heavy (non-hydrogen) atoms.